The first-order valence-electron chi connectivity index (χ1n) is 6.55. The fraction of sp³-hybridized carbons (Fsp3) is 0.538. The molecule has 1 aliphatic heterocycles. The summed E-state index contributed by atoms with van der Waals surface area (Å²) in [7, 11) is 0. The Bertz CT molecular complexity index is 625. The molecule has 0 spiro atoms. The molecule has 1 saturated heterocycles. The number of rotatable bonds is 2. The molecule has 0 amide bonds. The van der Waals surface area contributed by atoms with Crippen molar-refractivity contribution >= 4 is 16.3 Å². The molecule has 3 rings (SSSR count). The quantitative estimate of drug-likeness (QED) is 0.887. The van der Waals surface area contributed by atoms with Crippen LogP contribution in [0, 0.1) is 5.92 Å². The Labute approximate surface area is 115 Å². The first-order chi connectivity index (χ1) is 9.11. The molecular formula is C13H18N4OS. The molecule has 0 aromatic carbocycles. The van der Waals surface area contributed by atoms with Crippen LogP contribution in [0.5, 0.6) is 0 Å². The third-order valence-electron chi connectivity index (χ3n) is 3.51. The van der Waals surface area contributed by atoms with E-state index in [0.717, 1.165) is 30.2 Å². The number of hydrogen-bond acceptors (Lipinski definition) is 5. The van der Waals surface area contributed by atoms with Gasteiger partial charge in [-0.15, -0.1) is 11.3 Å². The minimum Gasteiger partial charge on any atom is -0.327 e. The molecule has 3 heterocycles. The molecule has 0 saturated carbocycles. The molecule has 0 bridgehead atoms. The average molecular weight is 278 g/mol. The molecule has 1 fully saturated rings. The van der Waals surface area contributed by atoms with Crippen molar-refractivity contribution in [2.45, 2.75) is 25.9 Å². The van der Waals surface area contributed by atoms with E-state index in [4.69, 9.17) is 5.73 Å². The summed E-state index contributed by atoms with van der Waals surface area (Å²) >= 11 is 1.49. The molecule has 19 heavy (non-hydrogen) atoms. The fourth-order valence-electron chi connectivity index (χ4n) is 2.84. The second kappa shape index (κ2) is 5.03. The summed E-state index contributed by atoms with van der Waals surface area (Å²) in [5.74, 6) is 0.607. The van der Waals surface area contributed by atoms with Gasteiger partial charge >= 0.3 is 0 Å². The van der Waals surface area contributed by atoms with Gasteiger partial charge in [0, 0.05) is 43.3 Å². The van der Waals surface area contributed by atoms with Gasteiger partial charge in [0.1, 0.15) is 0 Å². The molecule has 0 aliphatic carbocycles. The number of aromatic nitrogens is 2. The number of likely N-dealkylation sites (tertiary alicyclic amines) is 1. The average Bonchev–Trinajstić information content (AvgIpc) is 2.75. The van der Waals surface area contributed by atoms with Gasteiger partial charge in [-0.2, -0.15) is 0 Å². The molecule has 5 nitrogen and oxygen atoms in total. The lowest BCUT2D eigenvalue weighted by molar-refractivity contribution is 0.157. The summed E-state index contributed by atoms with van der Waals surface area (Å²) in [6.45, 7) is 4.84. The van der Waals surface area contributed by atoms with Gasteiger partial charge in [0.25, 0.3) is 5.56 Å². The van der Waals surface area contributed by atoms with Crippen molar-refractivity contribution in [1.82, 2.24) is 14.3 Å². The molecule has 2 aromatic rings. The highest BCUT2D eigenvalue weighted by molar-refractivity contribution is 7.15. The summed E-state index contributed by atoms with van der Waals surface area (Å²) in [6, 6.07) is 1.86. The number of hydrogen-bond donors (Lipinski definition) is 1. The maximum atomic E-state index is 11.9. The number of nitrogens with two attached hydrogens (primary N) is 1. The summed E-state index contributed by atoms with van der Waals surface area (Å²) in [6.07, 6.45) is 2.84. The molecule has 0 radical (unpaired) electrons. The highest BCUT2D eigenvalue weighted by Gasteiger charge is 2.22. The van der Waals surface area contributed by atoms with Gasteiger partial charge in [0.15, 0.2) is 4.96 Å². The second-order valence-corrected chi connectivity index (χ2v) is 6.31. The van der Waals surface area contributed by atoms with Gasteiger partial charge in [-0.1, -0.05) is 6.92 Å². The van der Waals surface area contributed by atoms with Gasteiger partial charge in [-0.25, -0.2) is 4.98 Å². The van der Waals surface area contributed by atoms with E-state index < -0.39 is 0 Å². The summed E-state index contributed by atoms with van der Waals surface area (Å²) in [4.78, 5) is 19.5. The van der Waals surface area contributed by atoms with Crippen LogP contribution in [0.1, 0.15) is 19.0 Å². The lowest BCUT2D eigenvalue weighted by Gasteiger charge is -2.34. The van der Waals surface area contributed by atoms with Crippen LogP contribution in [0.25, 0.3) is 4.96 Å². The van der Waals surface area contributed by atoms with Crippen LogP contribution in [0.2, 0.25) is 0 Å². The molecular weight excluding hydrogens is 260 g/mol. The fourth-order valence-corrected chi connectivity index (χ4v) is 3.58. The highest BCUT2D eigenvalue weighted by atomic mass is 32.1. The van der Waals surface area contributed by atoms with Crippen molar-refractivity contribution in [3.63, 3.8) is 0 Å². The van der Waals surface area contributed by atoms with Crippen molar-refractivity contribution in [3.8, 4) is 0 Å². The standard InChI is InChI=1S/C13H18N4OS/c1-9-4-10(14)7-16(6-9)8-11-5-12(18)17-2-3-19-13(17)15-11/h2-3,5,9-10H,4,6-8,14H2,1H3. The van der Waals surface area contributed by atoms with E-state index in [0.29, 0.717) is 12.5 Å². The van der Waals surface area contributed by atoms with E-state index >= 15 is 0 Å². The third kappa shape index (κ3) is 2.70. The van der Waals surface area contributed by atoms with Crippen LogP contribution in [0.15, 0.2) is 22.4 Å². The Balaban J connectivity index is 1.83. The smallest absolute Gasteiger partial charge is 0.258 e. The summed E-state index contributed by atoms with van der Waals surface area (Å²) in [5, 5.41) is 1.88. The van der Waals surface area contributed by atoms with Crippen LogP contribution in [0.3, 0.4) is 0 Å². The SMILES string of the molecule is CC1CC(N)CN(Cc2cc(=O)n3ccsc3n2)C1. The van der Waals surface area contributed by atoms with E-state index in [1.165, 1.54) is 11.3 Å². The maximum Gasteiger partial charge on any atom is 0.258 e. The molecule has 102 valence electrons. The van der Waals surface area contributed by atoms with E-state index in [9.17, 15) is 4.79 Å². The van der Waals surface area contributed by atoms with E-state index in [1.54, 1.807) is 16.7 Å². The van der Waals surface area contributed by atoms with E-state index in [-0.39, 0.29) is 11.6 Å². The number of fused-ring (bicyclic) bond motifs is 1. The number of thiazole rings is 1. The second-order valence-electron chi connectivity index (χ2n) is 5.44. The Hall–Kier alpha value is -1.24. The number of piperidine rings is 1. The zero-order valence-corrected chi connectivity index (χ0v) is 11.8. The van der Waals surface area contributed by atoms with E-state index in [2.05, 4.69) is 16.8 Å². The molecule has 2 aromatic heterocycles. The minimum absolute atomic E-state index is 0.00407. The van der Waals surface area contributed by atoms with Crippen LogP contribution in [-0.2, 0) is 6.54 Å². The Kier molecular flexibility index (Phi) is 3.38. The Morgan fingerprint density at radius 3 is 3.16 bits per heavy atom. The van der Waals surface area contributed by atoms with E-state index in [1.807, 2.05) is 5.38 Å². The zero-order valence-electron chi connectivity index (χ0n) is 11.0. The Morgan fingerprint density at radius 2 is 2.37 bits per heavy atom. The normalized spacial score (nSPS) is 24.9. The van der Waals surface area contributed by atoms with Crippen molar-refractivity contribution in [2.75, 3.05) is 13.1 Å². The van der Waals surface area contributed by atoms with Crippen LogP contribution in [0.4, 0.5) is 0 Å². The predicted octanol–water partition coefficient (Wildman–Crippen LogP) is 0.925. The van der Waals surface area contributed by atoms with Crippen molar-refractivity contribution in [1.29, 1.82) is 0 Å². The lowest BCUT2D eigenvalue weighted by atomic mass is 9.96. The van der Waals surface area contributed by atoms with Crippen molar-refractivity contribution in [3.05, 3.63) is 33.7 Å². The molecule has 2 N–H and O–H groups in total. The third-order valence-corrected chi connectivity index (χ3v) is 4.27. The molecule has 1 aliphatic rings. The zero-order chi connectivity index (χ0) is 13.4. The van der Waals surface area contributed by atoms with Gasteiger partial charge in [-0.05, 0) is 12.3 Å². The molecule has 6 heteroatoms. The lowest BCUT2D eigenvalue weighted by Crippen LogP contribution is -2.46. The highest BCUT2D eigenvalue weighted by Crippen LogP contribution is 2.17. The van der Waals surface area contributed by atoms with Gasteiger partial charge < -0.3 is 5.73 Å². The predicted molar refractivity (Wildman–Crippen MR) is 76.4 cm³/mol. The van der Waals surface area contributed by atoms with Crippen LogP contribution < -0.4 is 11.3 Å². The van der Waals surface area contributed by atoms with Crippen LogP contribution >= 0.6 is 11.3 Å². The minimum atomic E-state index is -0.00407. The first kappa shape index (κ1) is 12.8. The van der Waals surface area contributed by atoms with Crippen molar-refractivity contribution < 1.29 is 0 Å². The largest absolute Gasteiger partial charge is 0.327 e. The van der Waals surface area contributed by atoms with Gasteiger partial charge in [0.05, 0.1) is 5.69 Å². The van der Waals surface area contributed by atoms with Gasteiger partial charge in [-0.3, -0.25) is 14.1 Å². The van der Waals surface area contributed by atoms with Crippen molar-refractivity contribution in [2.24, 2.45) is 11.7 Å². The Morgan fingerprint density at radius 1 is 1.53 bits per heavy atom. The molecule has 2 unspecified atom stereocenters. The maximum absolute atomic E-state index is 11.9. The van der Waals surface area contributed by atoms with Gasteiger partial charge in [0.2, 0.25) is 0 Å². The first-order valence-corrected chi connectivity index (χ1v) is 7.43. The summed E-state index contributed by atoms with van der Waals surface area (Å²) in [5.41, 5.74) is 6.88. The summed E-state index contributed by atoms with van der Waals surface area (Å²) < 4.78 is 1.58. The number of nitrogens with zero attached hydrogens (tertiary/aromatic N) is 3. The topological polar surface area (TPSA) is 63.6 Å². The molecule has 2 atom stereocenters. The van der Waals surface area contributed by atoms with Crippen LogP contribution in [-0.4, -0.2) is 33.4 Å². The monoisotopic (exact) mass is 278 g/mol.